The molecular weight excluding hydrogens is 817 g/mol. The van der Waals surface area contributed by atoms with Gasteiger partial charge in [-0.05, 0) is 80.1 Å². The van der Waals surface area contributed by atoms with Crippen molar-refractivity contribution < 1.29 is 55.0 Å². The number of likely N-dealkylation sites (tertiary alicyclic amines) is 1. The summed E-state index contributed by atoms with van der Waals surface area (Å²) in [4.78, 5) is 67.6. The highest BCUT2D eigenvalue weighted by molar-refractivity contribution is 7.91. The van der Waals surface area contributed by atoms with Crippen LogP contribution in [0.1, 0.15) is 68.1 Å². The van der Waals surface area contributed by atoms with Crippen LogP contribution in [0.4, 0.5) is 18.0 Å². The summed E-state index contributed by atoms with van der Waals surface area (Å²) in [5.41, 5.74) is 0.927. The fourth-order valence-corrected chi connectivity index (χ4v) is 8.32. The molecule has 0 bridgehead atoms. The largest absolute Gasteiger partial charge is 0.497 e. The first-order valence-corrected chi connectivity index (χ1v) is 20.7. The molecule has 1 aliphatic heterocycles. The van der Waals surface area contributed by atoms with Gasteiger partial charge in [-0.2, -0.15) is 13.2 Å². The Morgan fingerprint density at radius 1 is 0.898 bits per heavy atom. The Morgan fingerprint density at radius 2 is 1.51 bits per heavy atom. The quantitative estimate of drug-likeness (QED) is 0.176. The first kappa shape index (κ1) is 46.5. The number of amides is 4. The second-order valence-corrected chi connectivity index (χ2v) is 18.2. The van der Waals surface area contributed by atoms with Crippen molar-refractivity contribution in [1.29, 1.82) is 0 Å². The molecule has 1 saturated heterocycles. The lowest BCUT2D eigenvalue weighted by molar-refractivity contribution is -0.175. The fourth-order valence-electron chi connectivity index (χ4n) is 6.37. The van der Waals surface area contributed by atoms with Crippen LogP contribution in [-0.2, 0) is 47.7 Å². The summed E-state index contributed by atoms with van der Waals surface area (Å²) in [6, 6.07) is 13.6. The summed E-state index contributed by atoms with van der Waals surface area (Å²) < 4.78 is 79.0. The fraction of sp³-hybridized carbons (Fsp3) is 0.439. The molecule has 18 heteroatoms. The maximum atomic E-state index is 14.7. The van der Waals surface area contributed by atoms with E-state index in [0.717, 1.165) is 4.90 Å². The number of hydrogen-bond acceptors (Lipinski definition) is 9. The molecule has 2 unspecified atom stereocenters. The third kappa shape index (κ3) is 13.2. The normalized spacial score (nSPS) is 16.8. The summed E-state index contributed by atoms with van der Waals surface area (Å²) in [6.07, 6.45) is -6.61. The number of ether oxygens (including phenoxy) is 2. The van der Waals surface area contributed by atoms with Gasteiger partial charge in [-0.1, -0.05) is 67.9 Å². The highest BCUT2D eigenvalue weighted by Crippen LogP contribution is 2.29. The molecule has 0 spiro atoms. The maximum Gasteiger partial charge on any atom is 0.452 e. The van der Waals surface area contributed by atoms with Crippen LogP contribution >= 0.6 is 11.6 Å². The minimum absolute atomic E-state index is 0.0833. The van der Waals surface area contributed by atoms with Gasteiger partial charge in [0.15, 0.2) is 9.84 Å². The molecule has 3 aromatic rings. The molecule has 0 aliphatic carbocycles. The first-order valence-electron chi connectivity index (χ1n) is 18.6. The lowest BCUT2D eigenvalue weighted by Crippen LogP contribution is -2.57. The van der Waals surface area contributed by atoms with Gasteiger partial charge in [-0.25, -0.2) is 13.2 Å². The first-order chi connectivity index (χ1) is 27.5. The number of alkyl halides is 3. The predicted octanol–water partition coefficient (Wildman–Crippen LogP) is 5.57. The van der Waals surface area contributed by atoms with E-state index in [1.54, 1.807) is 57.2 Å². The van der Waals surface area contributed by atoms with E-state index in [4.69, 9.17) is 21.1 Å². The topological polar surface area (TPSA) is 177 Å². The Labute approximate surface area is 346 Å². The number of alkyl carbamates (subject to hydrolysis) is 1. The lowest BCUT2D eigenvalue weighted by Gasteiger charge is -2.30. The average molecular weight is 865 g/mol. The summed E-state index contributed by atoms with van der Waals surface area (Å²) in [5, 5.41) is 6.31. The molecular formula is C41H48ClF3N4O9S. The molecule has 0 aromatic heterocycles. The van der Waals surface area contributed by atoms with Gasteiger partial charge in [0, 0.05) is 30.1 Å². The standard InChI is InChI=1S/C41H48ClF3N4O9S/c1-24(2)34(35(50)41(43,44)45)48-37(52)33-20-31(59(55,56)23-27-14-16-30(57-6)17-15-27)22-49(33)38(53)32(47-36(51)28-8-7-9-29(42)19-28)18-25-10-12-26(13-11-25)21-46-39(54)58-40(3,4)5/h7-17,19,24,31-34H,18,20-23H2,1-6H3,(H,46,54)(H,47,51)(H,48,52)/t31-,32?,33+,34?/m1/s1. The summed E-state index contributed by atoms with van der Waals surface area (Å²) >= 11 is 6.12. The average Bonchev–Trinajstić information content (AvgIpc) is 3.62. The third-order valence-electron chi connectivity index (χ3n) is 9.40. The molecule has 320 valence electrons. The smallest absolute Gasteiger partial charge is 0.452 e. The number of hydrogen-bond donors (Lipinski definition) is 3. The van der Waals surface area contributed by atoms with Crippen LogP contribution in [0.2, 0.25) is 5.02 Å². The number of sulfone groups is 1. The predicted molar refractivity (Wildman–Crippen MR) is 213 cm³/mol. The maximum absolute atomic E-state index is 14.7. The van der Waals surface area contributed by atoms with Crippen molar-refractivity contribution in [3.05, 3.63) is 100 Å². The zero-order valence-electron chi connectivity index (χ0n) is 33.4. The van der Waals surface area contributed by atoms with Crippen molar-refractivity contribution in [3.8, 4) is 5.75 Å². The lowest BCUT2D eigenvalue weighted by atomic mass is 9.98. The van der Waals surface area contributed by atoms with Crippen molar-refractivity contribution in [2.75, 3.05) is 13.7 Å². The van der Waals surface area contributed by atoms with E-state index in [1.165, 1.54) is 57.4 Å². The molecule has 1 aliphatic rings. The highest BCUT2D eigenvalue weighted by atomic mass is 35.5. The minimum Gasteiger partial charge on any atom is -0.497 e. The number of Topliss-reactive ketones (excluding diaryl/α,β-unsaturated/α-hetero) is 1. The molecule has 3 aromatic carbocycles. The Balaban J connectivity index is 1.69. The monoisotopic (exact) mass is 864 g/mol. The van der Waals surface area contributed by atoms with Crippen molar-refractivity contribution in [3.63, 3.8) is 0 Å². The molecule has 1 fully saturated rings. The zero-order chi connectivity index (χ0) is 43.9. The second-order valence-electron chi connectivity index (χ2n) is 15.5. The van der Waals surface area contributed by atoms with Crippen molar-refractivity contribution >= 4 is 51.0 Å². The molecule has 13 nitrogen and oxygen atoms in total. The Hall–Kier alpha value is -5.16. The number of benzene rings is 3. The number of nitrogens with one attached hydrogen (secondary N) is 3. The molecule has 0 radical (unpaired) electrons. The highest BCUT2D eigenvalue weighted by Gasteiger charge is 2.49. The number of ketones is 1. The van der Waals surface area contributed by atoms with E-state index in [2.05, 4.69) is 16.0 Å². The van der Waals surface area contributed by atoms with Crippen molar-refractivity contribution in [1.82, 2.24) is 20.9 Å². The molecule has 59 heavy (non-hydrogen) atoms. The second kappa shape index (κ2) is 19.3. The number of halogens is 4. The van der Waals surface area contributed by atoms with Gasteiger partial charge < -0.3 is 30.3 Å². The molecule has 0 saturated carbocycles. The summed E-state index contributed by atoms with van der Waals surface area (Å²) in [6.45, 7) is 7.32. The van der Waals surface area contributed by atoms with E-state index in [1.807, 2.05) is 0 Å². The van der Waals surface area contributed by atoms with Crippen LogP contribution in [-0.4, -0.2) is 91.7 Å². The molecule has 4 amide bonds. The van der Waals surface area contributed by atoms with E-state index in [0.29, 0.717) is 22.4 Å². The van der Waals surface area contributed by atoms with Crippen LogP contribution in [0, 0.1) is 5.92 Å². The molecule has 1 heterocycles. The summed E-state index contributed by atoms with van der Waals surface area (Å²) in [7, 11) is -2.69. The van der Waals surface area contributed by atoms with Gasteiger partial charge in [-0.3, -0.25) is 19.2 Å². The van der Waals surface area contributed by atoms with Crippen molar-refractivity contribution in [2.45, 2.75) is 94.9 Å². The van der Waals surface area contributed by atoms with Gasteiger partial charge in [0.05, 0.1) is 24.2 Å². The van der Waals surface area contributed by atoms with Gasteiger partial charge in [-0.15, -0.1) is 0 Å². The number of rotatable bonds is 15. The van der Waals surface area contributed by atoms with Crippen LogP contribution in [0.5, 0.6) is 5.75 Å². The molecule has 4 atom stereocenters. The number of methoxy groups -OCH3 is 1. The van der Waals surface area contributed by atoms with E-state index in [9.17, 15) is 45.6 Å². The van der Waals surface area contributed by atoms with Gasteiger partial charge in [0.25, 0.3) is 11.7 Å². The minimum atomic E-state index is -5.30. The number of nitrogens with zero attached hydrogens (tertiary/aromatic N) is 1. The number of carbonyl (C=O) groups is 5. The van der Waals surface area contributed by atoms with Gasteiger partial charge in [0.1, 0.15) is 23.4 Å². The number of carbonyl (C=O) groups excluding carboxylic acids is 5. The summed E-state index contributed by atoms with van der Waals surface area (Å²) in [5.74, 6) is -6.06. The van der Waals surface area contributed by atoms with Crippen LogP contribution in [0.3, 0.4) is 0 Å². The zero-order valence-corrected chi connectivity index (χ0v) is 35.0. The van der Waals surface area contributed by atoms with E-state index in [-0.39, 0.29) is 23.6 Å². The van der Waals surface area contributed by atoms with Crippen LogP contribution in [0.15, 0.2) is 72.8 Å². The Bertz CT molecular complexity index is 2110. The van der Waals surface area contributed by atoms with Crippen molar-refractivity contribution in [2.24, 2.45) is 5.92 Å². The van der Waals surface area contributed by atoms with Gasteiger partial charge >= 0.3 is 12.3 Å². The third-order valence-corrected chi connectivity index (χ3v) is 11.7. The molecule has 4 rings (SSSR count). The van der Waals surface area contributed by atoms with E-state index < -0.39 is 99.2 Å². The Kier molecular flexibility index (Phi) is 15.2. The molecule has 3 N–H and O–H groups in total. The van der Waals surface area contributed by atoms with E-state index >= 15 is 0 Å². The van der Waals surface area contributed by atoms with Crippen LogP contribution in [0.25, 0.3) is 0 Å². The Morgan fingerprint density at radius 3 is 2.07 bits per heavy atom. The SMILES string of the molecule is COc1ccc(CS(=O)(=O)[C@@H]2C[C@@H](C(=O)NC(C(=O)C(F)(F)F)C(C)C)N(C(=O)C(Cc3ccc(CNC(=O)OC(C)(C)C)cc3)NC(=O)c3cccc(Cl)c3)C2)cc1. The van der Waals surface area contributed by atoms with Gasteiger partial charge in [0.2, 0.25) is 11.8 Å². The van der Waals surface area contributed by atoms with Crippen LogP contribution < -0.4 is 20.7 Å².